The molecular formula is C27H20N4O4. The van der Waals surface area contributed by atoms with E-state index >= 15 is 0 Å². The number of amides is 1. The highest BCUT2D eigenvalue weighted by Gasteiger charge is 2.31. The smallest absolute Gasteiger partial charge is 0.276 e. The van der Waals surface area contributed by atoms with Gasteiger partial charge in [-0.15, -0.1) is 5.10 Å². The summed E-state index contributed by atoms with van der Waals surface area (Å²) in [5.41, 5.74) is 3.52. The van der Waals surface area contributed by atoms with Crippen molar-refractivity contribution in [3.8, 4) is 11.3 Å². The van der Waals surface area contributed by atoms with E-state index in [-0.39, 0.29) is 17.5 Å². The lowest BCUT2D eigenvalue weighted by atomic mass is 10.0. The monoisotopic (exact) mass is 464 g/mol. The third kappa shape index (κ3) is 4.37. The first kappa shape index (κ1) is 22.0. The third-order valence-corrected chi connectivity index (χ3v) is 5.58. The first-order valence-corrected chi connectivity index (χ1v) is 10.9. The van der Waals surface area contributed by atoms with Crippen LogP contribution >= 0.6 is 0 Å². The van der Waals surface area contributed by atoms with Crippen LogP contribution in [0.25, 0.3) is 28.2 Å². The van der Waals surface area contributed by atoms with Crippen LogP contribution in [0, 0.1) is 10.1 Å². The number of nitro groups is 1. The van der Waals surface area contributed by atoms with Gasteiger partial charge in [-0.2, -0.15) is 5.01 Å². The Morgan fingerprint density at radius 3 is 2.51 bits per heavy atom. The maximum absolute atomic E-state index is 12.4. The second-order valence-corrected chi connectivity index (χ2v) is 7.89. The topological polar surface area (TPSA) is 97.9 Å². The minimum absolute atomic E-state index is 0.0371. The summed E-state index contributed by atoms with van der Waals surface area (Å²) in [6, 6.07) is 25.7. The van der Waals surface area contributed by atoms with Crippen molar-refractivity contribution in [3.05, 3.63) is 112 Å². The Bertz CT molecular complexity index is 1500. The van der Waals surface area contributed by atoms with E-state index in [2.05, 4.69) is 5.10 Å². The summed E-state index contributed by atoms with van der Waals surface area (Å²) >= 11 is 0. The van der Waals surface area contributed by atoms with Crippen LogP contribution in [0.1, 0.15) is 18.1 Å². The quantitative estimate of drug-likeness (QED) is 0.291. The molecule has 2 heterocycles. The minimum Gasteiger partial charge on any atom is -0.446 e. The Balaban J connectivity index is 1.55. The minimum atomic E-state index is -0.852. The van der Waals surface area contributed by atoms with Crippen molar-refractivity contribution in [2.75, 3.05) is 0 Å². The molecule has 1 atom stereocenters. The largest absolute Gasteiger partial charge is 0.446 e. The van der Waals surface area contributed by atoms with Gasteiger partial charge in [0.2, 0.25) is 18.0 Å². The maximum atomic E-state index is 12.4. The van der Waals surface area contributed by atoms with E-state index in [1.54, 1.807) is 30.4 Å². The summed E-state index contributed by atoms with van der Waals surface area (Å²) in [6.07, 6.45) is 2.30. The number of hydrogen-bond acceptors (Lipinski definition) is 6. The molecular weight excluding hydrogens is 444 g/mol. The first-order chi connectivity index (χ1) is 17.0. The van der Waals surface area contributed by atoms with Crippen LogP contribution in [-0.2, 0) is 9.53 Å². The molecule has 1 amide bonds. The molecule has 0 spiro atoms. The van der Waals surface area contributed by atoms with Crippen LogP contribution < -0.4 is 0 Å². The van der Waals surface area contributed by atoms with Crippen LogP contribution in [0.15, 0.2) is 96.1 Å². The highest BCUT2D eigenvalue weighted by atomic mass is 16.6. The number of benzene rings is 3. The Labute approximate surface area is 200 Å². The lowest BCUT2D eigenvalue weighted by molar-refractivity contribution is -0.385. The molecule has 172 valence electrons. The summed E-state index contributed by atoms with van der Waals surface area (Å²) in [7, 11) is 0. The summed E-state index contributed by atoms with van der Waals surface area (Å²) in [6.45, 7) is 1.39. The molecule has 0 N–H and O–H groups in total. The van der Waals surface area contributed by atoms with Gasteiger partial charge in [-0.1, -0.05) is 60.7 Å². The van der Waals surface area contributed by atoms with E-state index in [1.165, 1.54) is 18.0 Å². The summed E-state index contributed by atoms with van der Waals surface area (Å²) in [5, 5.41) is 17.9. The first-order valence-electron chi connectivity index (χ1n) is 10.9. The Morgan fingerprint density at radius 2 is 1.74 bits per heavy atom. The van der Waals surface area contributed by atoms with Crippen molar-refractivity contribution in [1.29, 1.82) is 0 Å². The van der Waals surface area contributed by atoms with E-state index in [9.17, 15) is 14.9 Å². The van der Waals surface area contributed by atoms with Crippen molar-refractivity contribution < 1.29 is 14.5 Å². The molecule has 0 saturated carbocycles. The van der Waals surface area contributed by atoms with Gasteiger partial charge < -0.3 is 4.74 Å². The van der Waals surface area contributed by atoms with E-state index in [0.29, 0.717) is 11.1 Å². The fourth-order valence-corrected chi connectivity index (χ4v) is 3.92. The molecule has 1 aliphatic rings. The standard InChI is InChI=1S/C27H20N4O4/c1-18(32)30-26(16-15-20-11-5-8-14-25(20)31(33)34)35-27(29-30)22-17-24(19-9-3-2-4-10-19)28-23-13-7-6-12-21(22)23/h2-17,26H,1H3. The average molecular weight is 464 g/mol. The van der Waals surface area contributed by atoms with Gasteiger partial charge in [-0.3, -0.25) is 14.9 Å². The number of nitro benzene ring substituents is 1. The van der Waals surface area contributed by atoms with Crippen molar-refractivity contribution in [2.24, 2.45) is 5.10 Å². The molecule has 8 nitrogen and oxygen atoms in total. The van der Waals surface area contributed by atoms with Crippen molar-refractivity contribution in [1.82, 2.24) is 9.99 Å². The fraction of sp³-hybridized carbons (Fsp3) is 0.0741. The van der Waals surface area contributed by atoms with Gasteiger partial charge in [0.05, 0.1) is 21.7 Å². The third-order valence-electron chi connectivity index (χ3n) is 5.58. The molecule has 3 aromatic carbocycles. The number of para-hydroxylation sites is 2. The van der Waals surface area contributed by atoms with Gasteiger partial charge in [-0.05, 0) is 30.4 Å². The number of pyridine rings is 1. The predicted octanol–water partition coefficient (Wildman–Crippen LogP) is 5.39. The molecule has 1 aliphatic heterocycles. The van der Waals surface area contributed by atoms with Gasteiger partial charge in [0.15, 0.2) is 0 Å². The molecule has 5 rings (SSSR count). The van der Waals surface area contributed by atoms with Crippen LogP contribution in [0.5, 0.6) is 0 Å². The molecule has 0 radical (unpaired) electrons. The number of carbonyl (C=O) groups excluding carboxylic acids is 1. The van der Waals surface area contributed by atoms with E-state index in [1.807, 2.05) is 60.7 Å². The number of ether oxygens (including phenoxy) is 1. The molecule has 1 aromatic heterocycles. The molecule has 0 bridgehead atoms. The SMILES string of the molecule is CC(=O)N1N=C(c2cc(-c3ccccc3)nc3ccccc23)OC1C=Cc1ccccc1[N+](=O)[O-]. The zero-order chi connectivity index (χ0) is 24.4. The lowest BCUT2D eigenvalue weighted by Gasteiger charge is -2.15. The van der Waals surface area contributed by atoms with E-state index in [4.69, 9.17) is 9.72 Å². The number of fused-ring (bicyclic) bond motifs is 1. The van der Waals surface area contributed by atoms with Crippen molar-refractivity contribution in [2.45, 2.75) is 13.2 Å². The van der Waals surface area contributed by atoms with Crippen LogP contribution in [0.4, 0.5) is 5.69 Å². The lowest BCUT2D eigenvalue weighted by Crippen LogP contribution is -2.30. The maximum Gasteiger partial charge on any atom is 0.276 e. The number of hydrazone groups is 1. The second-order valence-electron chi connectivity index (χ2n) is 7.89. The van der Waals surface area contributed by atoms with E-state index < -0.39 is 11.2 Å². The average Bonchev–Trinajstić information content (AvgIpc) is 3.32. The molecule has 0 aliphatic carbocycles. The summed E-state index contributed by atoms with van der Waals surface area (Å²) < 4.78 is 6.11. The van der Waals surface area contributed by atoms with Gasteiger partial charge in [0.25, 0.3) is 5.69 Å². The van der Waals surface area contributed by atoms with Gasteiger partial charge in [-0.25, -0.2) is 4.98 Å². The summed E-state index contributed by atoms with van der Waals surface area (Å²) in [5.74, 6) is -0.0490. The molecule has 4 aromatic rings. The van der Waals surface area contributed by atoms with Gasteiger partial charge in [0.1, 0.15) is 0 Å². The fourth-order valence-electron chi connectivity index (χ4n) is 3.92. The Kier molecular flexibility index (Phi) is 5.76. The van der Waals surface area contributed by atoms with Gasteiger partial charge in [0, 0.05) is 29.5 Å². The number of rotatable bonds is 5. The van der Waals surface area contributed by atoms with Crippen LogP contribution in [0.3, 0.4) is 0 Å². The van der Waals surface area contributed by atoms with Crippen LogP contribution in [-0.4, -0.2) is 32.9 Å². The predicted molar refractivity (Wildman–Crippen MR) is 133 cm³/mol. The molecule has 35 heavy (non-hydrogen) atoms. The Morgan fingerprint density at radius 1 is 1.03 bits per heavy atom. The van der Waals surface area contributed by atoms with Gasteiger partial charge >= 0.3 is 0 Å². The zero-order valence-electron chi connectivity index (χ0n) is 18.7. The highest BCUT2D eigenvalue weighted by Crippen LogP contribution is 2.29. The zero-order valence-corrected chi connectivity index (χ0v) is 18.7. The molecule has 0 saturated heterocycles. The number of aromatic nitrogens is 1. The molecule has 8 heteroatoms. The Hall–Kier alpha value is -4.85. The highest BCUT2D eigenvalue weighted by molar-refractivity contribution is 6.08. The van der Waals surface area contributed by atoms with E-state index in [0.717, 1.165) is 22.2 Å². The summed E-state index contributed by atoms with van der Waals surface area (Å²) in [4.78, 5) is 28.0. The van der Waals surface area contributed by atoms with Crippen LogP contribution in [0.2, 0.25) is 0 Å². The normalized spacial score (nSPS) is 15.3. The molecule has 0 fully saturated rings. The second kappa shape index (κ2) is 9.18. The number of carbonyl (C=O) groups is 1. The van der Waals surface area contributed by atoms with Crippen molar-refractivity contribution >= 4 is 34.5 Å². The number of hydrogen-bond donors (Lipinski definition) is 0. The molecule has 1 unspecified atom stereocenters. The number of nitrogens with zero attached hydrogens (tertiary/aromatic N) is 4. The van der Waals surface area contributed by atoms with Crippen molar-refractivity contribution in [3.63, 3.8) is 0 Å².